The van der Waals surface area contributed by atoms with Crippen molar-refractivity contribution < 1.29 is 13.2 Å². The minimum absolute atomic E-state index is 0.0479. The highest BCUT2D eigenvalue weighted by molar-refractivity contribution is 7.89. The number of rotatable bonds is 4. The summed E-state index contributed by atoms with van der Waals surface area (Å²) < 4.78 is 23.8. The van der Waals surface area contributed by atoms with Gasteiger partial charge in [0.25, 0.3) is 5.91 Å². The first kappa shape index (κ1) is 13.7. The van der Waals surface area contributed by atoms with E-state index in [0.29, 0.717) is 12.2 Å². The minimum atomic E-state index is -3.77. The number of carbonyl (C=O) groups is 1. The highest BCUT2D eigenvalue weighted by Gasteiger charge is 2.19. The minimum Gasteiger partial charge on any atom is -0.345 e. The molecule has 0 saturated carbocycles. The molecule has 0 fully saturated rings. The summed E-state index contributed by atoms with van der Waals surface area (Å²) in [5.41, 5.74) is 0.310. The van der Waals surface area contributed by atoms with Gasteiger partial charge in [-0.3, -0.25) is 4.79 Å². The van der Waals surface area contributed by atoms with E-state index in [4.69, 9.17) is 5.14 Å². The maximum atomic E-state index is 12.0. The second kappa shape index (κ2) is 4.89. The lowest BCUT2D eigenvalue weighted by atomic mass is 10.3. The fourth-order valence-corrected chi connectivity index (χ4v) is 2.12. The molecule has 96 valence electrons. The van der Waals surface area contributed by atoms with Crippen LogP contribution in [0.5, 0.6) is 0 Å². The van der Waals surface area contributed by atoms with E-state index in [1.54, 1.807) is 19.0 Å². The normalized spacial score (nSPS) is 11.5. The fourth-order valence-electron chi connectivity index (χ4n) is 1.53. The van der Waals surface area contributed by atoms with Gasteiger partial charge in [-0.25, -0.2) is 13.6 Å². The van der Waals surface area contributed by atoms with Crippen LogP contribution in [0, 0.1) is 0 Å². The van der Waals surface area contributed by atoms with E-state index in [2.05, 4.69) is 0 Å². The first-order valence-corrected chi connectivity index (χ1v) is 6.76. The van der Waals surface area contributed by atoms with Crippen molar-refractivity contribution in [2.45, 2.75) is 18.2 Å². The van der Waals surface area contributed by atoms with E-state index in [1.807, 2.05) is 6.92 Å². The molecule has 0 saturated heterocycles. The quantitative estimate of drug-likeness (QED) is 0.835. The van der Waals surface area contributed by atoms with Gasteiger partial charge in [0.2, 0.25) is 10.0 Å². The molecule has 0 radical (unpaired) electrons. The number of amides is 1. The third-order valence-corrected chi connectivity index (χ3v) is 3.31. The first-order chi connectivity index (χ1) is 7.77. The molecule has 2 N–H and O–H groups in total. The summed E-state index contributed by atoms with van der Waals surface area (Å²) in [6.07, 6.45) is 2.18. The predicted octanol–water partition coefficient (Wildman–Crippen LogP) is 0.155. The number of primary sulfonamides is 1. The number of nitrogens with two attached hydrogens (primary N) is 1. The van der Waals surface area contributed by atoms with Gasteiger partial charge in [0.1, 0.15) is 10.6 Å². The topological polar surface area (TPSA) is 85.4 Å². The molecule has 1 rings (SSSR count). The van der Waals surface area contributed by atoms with Crippen molar-refractivity contribution in [3.63, 3.8) is 0 Å². The third kappa shape index (κ3) is 3.07. The Morgan fingerprint density at radius 3 is 2.53 bits per heavy atom. The number of sulfonamides is 1. The number of aryl methyl sites for hydroxylation is 1. The highest BCUT2D eigenvalue weighted by Crippen LogP contribution is 2.13. The molecule has 1 heterocycles. The van der Waals surface area contributed by atoms with Gasteiger partial charge in [0.15, 0.2) is 0 Å². The van der Waals surface area contributed by atoms with E-state index >= 15 is 0 Å². The number of nitrogens with zero attached hydrogens (tertiary/aromatic N) is 2. The lowest BCUT2D eigenvalue weighted by molar-refractivity contribution is 0.0785. The fraction of sp³-hybridized carbons (Fsp3) is 0.500. The van der Waals surface area contributed by atoms with Crippen LogP contribution >= 0.6 is 0 Å². The second-order valence-corrected chi connectivity index (χ2v) is 5.51. The lowest BCUT2D eigenvalue weighted by Crippen LogP contribution is -2.28. The van der Waals surface area contributed by atoms with E-state index < -0.39 is 10.0 Å². The van der Waals surface area contributed by atoms with Crippen molar-refractivity contribution in [1.29, 1.82) is 0 Å². The zero-order valence-electron chi connectivity index (χ0n) is 10.2. The maximum Gasteiger partial charge on any atom is 0.270 e. The van der Waals surface area contributed by atoms with Gasteiger partial charge in [-0.05, 0) is 12.5 Å². The SMILES string of the molecule is CCCN(C)C(=O)c1cc(S(N)(=O)=O)cn1C. The third-order valence-electron chi connectivity index (χ3n) is 2.43. The average Bonchev–Trinajstić information content (AvgIpc) is 2.59. The molecule has 1 aromatic heterocycles. The van der Waals surface area contributed by atoms with Crippen molar-refractivity contribution in [1.82, 2.24) is 9.47 Å². The summed E-state index contributed by atoms with van der Waals surface area (Å²) >= 11 is 0. The van der Waals surface area contributed by atoms with Crippen LogP contribution in [0.1, 0.15) is 23.8 Å². The summed E-state index contributed by atoms with van der Waals surface area (Å²) in [7, 11) is -0.479. The van der Waals surface area contributed by atoms with Crippen molar-refractivity contribution in [3.8, 4) is 0 Å². The number of aromatic nitrogens is 1. The molecule has 0 aromatic carbocycles. The molecule has 0 aliphatic rings. The van der Waals surface area contributed by atoms with Gasteiger partial charge >= 0.3 is 0 Å². The Labute approximate surface area is 101 Å². The van der Waals surface area contributed by atoms with E-state index in [-0.39, 0.29) is 10.8 Å². The first-order valence-electron chi connectivity index (χ1n) is 5.22. The Morgan fingerprint density at radius 2 is 2.12 bits per heavy atom. The van der Waals surface area contributed by atoms with E-state index in [1.165, 1.54) is 16.8 Å². The van der Waals surface area contributed by atoms with Crippen molar-refractivity contribution in [2.24, 2.45) is 12.2 Å². The molecular weight excluding hydrogens is 242 g/mol. The summed E-state index contributed by atoms with van der Waals surface area (Å²) in [6, 6.07) is 1.30. The molecule has 7 heteroatoms. The Bertz CT molecular complexity index is 519. The zero-order chi connectivity index (χ0) is 13.2. The lowest BCUT2D eigenvalue weighted by Gasteiger charge is -2.16. The van der Waals surface area contributed by atoms with Crippen molar-refractivity contribution >= 4 is 15.9 Å². The summed E-state index contributed by atoms with van der Waals surface area (Å²) in [4.78, 5) is 13.5. The zero-order valence-corrected chi connectivity index (χ0v) is 11.0. The molecule has 6 nitrogen and oxygen atoms in total. The summed E-state index contributed by atoms with van der Waals surface area (Å²) in [5.74, 6) is -0.218. The van der Waals surface area contributed by atoms with Crippen LogP contribution in [0.3, 0.4) is 0 Å². The molecule has 0 unspecified atom stereocenters. The monoisotopic (exact) mass is 259 g/mol. The van der Waals surface area contributed by atoms with Crippen LogP contribution in [0.25, 0.3) is 0 Å². The molecular formula is C10H17N3O3S. The largest absolute Gasteiger partial charge is 0.345 e. The molecule has 1 aromatic rings. The summed E-state index contributed by atoms with van der Waals surface area (Å²) in [5, 5.41) is 5.01. The van der Waals surface area contributed by atoms with Gasteiger partial charge in [-0.2, -0.15) is 0 Å². The predicted molar refractivity (Wildman–Crippen MR) is 64.0 cm³/mol. The van der Waals surface area contributed by atoms with Gasteiger partial charge in [0.05, 0.1) is 0 Å². The number of hydrogen-bond donors (Lipinski definition) is 1. The molecule has 0 aliphatic carbocycles. The molecule has 0 bridgehead atoms. The second-order valence-electron chi connectivity index (χ2n) is 3.94. The number of carbonyl (C=O) groups excluding carboxylic acids is 1. The molecule has 17 heavy (non-hydrogen) atoms. The number of hydrogen-bond acceptors (Lipinski definition) is 3. The van der Waals surface area contributed by atoms with Gasteiger partial charge in [-0.15, -0.1) is 0 Å². The van der Waals surface area contributed by atoms with Crippen LogP contribution in [0.4, 0.5) is 0 Å². The van der Waals surface area contributed by atoms with Crippen molar-refractivity contribution in [3.05, 3.63) is 18.0 Å². The van der Waals surface area contributed by atoms with Gasteiger partial charge in [-0.1, -0.05) is 6.92 Å². The molecule has 1 amide bonds. The summed E-state index contributed by atoms with van der Waals surface area (Å²) in [6.45, 7) is 2.58. The Balaban J connectivity index is 3.08. The van der Waals surface area contributed by atoms with E-state index in [0.717, 1.165) is 6.42 Å². The van der Waals surface area contributed by atoms with Crippen LogP contribution in [0.2, 0.25) is 0 Å². The van der Waals surface area contributed by atoms with Gasteiger partial charge in [0, 0.05) is 26.8 Å². The van der Waals surface area contributed by atoms with Crippen LogP contribution in [-0.4, -0.2) is 37.4 Å². The van der Waals surface area contributed by atoms with E-state index in [9.17, 15) is 13.2 Å². The molecule has 0 aliphatic heterocycles. The molecule has 0 atom stereocenters. The van der Waals surface area contributed by atoms with Crippen LogP contribution in [-0.2, 0) is 17.1 Å². The Morgan fingerprint density at radius 1 is 1.53 bits per heavy atom. The van der Waals surface area contributed by atoms with Crippen LogP contribution < -0.4 is 5.14 Å². The highest BCUT2D eigenvalue weighted by atomic mass is 32.2. The maximum absolute atomic E-state index is 12.0. The van der Waals surface area contributed by atoms with Crippen molar-refractivity contribution in [2.75, 3.05) is 13.6 Å². The smallest absolute Gasteiger partial charge is 0.270 e. The Kier molecular flexibility index (Phi) is 3.94. The average molecular weight is 259 g/mol. The standard InChI is InChI=1S/C10H17N3O3S/c1-4-5-12(2)10(14)9-6-8(7-13(9)3)17(11,15)16/h6-7H,4-5H2,1-3H3,(H2,11,15,16). The van der Waals surface area contributed by atoms with Gasteiger partial charge < -0.3 is 9.47 Å². The molecule has 0 spiro atoms. The Hall–Kier alpha value is -1.34. The van der Waals surface area contributed by atoms with Crippen LogP contribution in [0.15, 0.2) is 17.2 Å².